The molecule has 0 N–H and O–H groups in total. The molecule has 4 heteroatoms. The van der Waals surface area contributed by atoms with Gasteiger partial charge in [-0.15, -0.1) is 0 Å². The molecule has 0 radical (unpaired) electrons. The Morgan fingerprint density at radius 2 is 1.83 bits per heavy atom. The van der Waals surface area contributed by atoms with Gasteiger partial charge in [-0.3, -0.25) is 14.4 Å². The highest BCUT2D eigenvalue weighted by Crippen LogP contribution is 2.19. The van der Waals surface area contributed by atoms with E-state index < -0.39 is 0 Å². The summed E-state index contributed by atoms with van der Waals surface area (Å²) in [6.45, 7) is 0. The minimum atomic E-state index is -0.121. The van der Waals surface area contributed by atoms with Gasteiger partial charge in [0, 0.05) is 11.8 Å². The molecule has 1 aromatic heterocycles. The first-order valence-corrected chi connectivity index (χ1v) is 8.04. The third-order valence-corrected chi connectivity index (χ3v) is 4.21. The fourth-order valence-electron chi connectivity index (χ4n) is 2.93. The predicted octanol–water partition coefficient (Wildman–Crippen LogP) is 3.28. The average Bonchev–Trinajstić information content (AvgIpc) is 2.62. The van der Waals surface area contributed by atoms with E-state index in [1.165, 1.54) is 19.3 Å². The van der Waals surface area contributed by atoms with Gasteiger partial charge in [0.25, 0.3) is 5.91 Å². The Kier molecular flexibility index (Phi) is 4.68. The van der Waals surface area contributed by atoms with Crippen LogP contribution in [0.15, 0.2) is 53.7 Å². The van der Waals surface area contributed by atoms with Gasteiger partial charge in [0.15, 0.2) is 0 Å². The lowest BCUT2D eigenvalue weighted by Crippen LogP contribution is -2.29. The molecular formula is C19H19N3O. The van der Waals surface area contributed by atoms with Gasteiger partial charge in [0.05, 0.1) is 17.7 Å². The molecule has 0 saturated heterocycles. The molecule has 1 aliphatic rings. The van der Waals surface area contributed by atoms with Crippen molar-refractivity contribution in [1.82, 2.24) is 4.57 Å². The quantitative estimate of drug-likeness (QED) is 0.855. The van der Waals surface area contributed by atoms with Gasteiger partial charge < -0.3 is 0 Å². The summed E-state index contributed by atoms with van der Waals surface area (Å²) in [5.41, 5.74) is 1.81. The van der Waals surface area contributed by atoms with Crippen molar-refractivity contribution >= 4 is 5.91 Å². The molecule has 1 fully saturated rings. The van der Waals surface area contributed by atoms with Crippen LogP contribution in [0.1, 0.15) is 48.0 Å². The Morgan fingerprint density at radius 3 is 2.52 bits per heavy atom. The summed E-state index contributed by atoms with van der Waals surface area (Å²) in [6, 6.07) is 14.7. The van der Waals surface area contributed by atoms with E-state index in [9.17, 15) is 4.79 Å². The molecule has 23 heavy (non-hydrogen) atoms. The van der Waals surface area contributed by atoms with Crippen molar-refractivity contribution in [3.8, 4) is 6.07 Å². The van der Waals surface area contributed by atoms with Crippen molar-refractivity contribution in [2.24, 2.45) is 4.99 Å². The number of benzene rings is 1. The number of aromatic nitrogens is 1. The molecular weight excluding hydrogens is 286 g/mol. The van der Waals surface area contributed by atoms with Crippen molar-refractivity contribution in [2.75, 3.05) is 0 Å². The van der Waals surface area contributed by atoms with E-state index in [0.29, 0.717) is 22.7 Å². The molecule has 0 atom stereocenters. The molecule has 3 rings (SSSR count). The van der Waals surface area contributed by atoms with Crippen molar-refractivity contribution in [2.45, 2.75) is 38.1 Å². The lowest BCUT2D eigenvalue weighted by atomic mass is 9.96. The normalized spacial score (nSPS) is 16.0. The van der Waals surface area contributed by atoms with Crippen LogP contribution in [0.5, 0.6) is 0 Å². The summed E-state index contributed by atoms with van der Waals surface area (Å²) >= 11 is 0. The largest absolute Gasteiger partial charge is 0.268 e. The molecule has 0 spiro atoms. The summed E-state index contributed by atoms with van der Waals surface area (Å²) in [5, 5.41) is 8.86. The Balaban J connectivity index is 1.94. The zero-order valence-electron chi connectivity index (χ0n) is 13.0. The van der Waals surface area contributed by atoms with Gasteiger partial charge in [-0.25, -0.2) is 0 Å². The van der Waals surface area contributed by atoms with Crippen LogP contribution in [-0.2, 0) is 0 Å². The number of carbonyl (C=O) groups excluding carboxylic acids is 1. The number of pyridine rings is 1. The first-order chi connectivity index (χ1) is 11.3. The van der Waals surface area contributed by atoms with Crippen LogP contribution in [0.4, 0.5) is 0 Å². The number of carbonyl (C=O) groups is 1. The number of rotatable bonds is 2. The van der Waals surface area contributed by atoms with Gasteiger partial charge in [-0.2, -0.15) is 5.26 Å². The second kappa shape index (κ2) is 7.06. The monoisotopic (exact) mass is 305 g/mol. The Hall–Kier alpha value is -2.67. The van der Waals surface area contributed by atoms with E-state index in [0.717, 1.165) is 12.8 Å². The van der Waals surface area contributed by atoms with Gasteiger partial charge in [-0.05, 0) is 49.2 Å². The molecule has 1 heterocycles. The lowest BCUT2D eigenvalue weighted by molar-refractivity contribution is 0.0954. The van der Waals surface area contributed by atoms with Crippen molar-refractivity contribution < 1.29 is 4.79 Å². The standard InChI is InChI=1S/C19H19N3O/c20-14-15-9-11-16(12-10-15)19(23)22-13-5-4-8-18(22)21-17-6-2-1-3-7-17/h4-5,8-13,17H,1-3,6-7H2. The van der Waals surface area contributed by atoms with Gasteiger partial charge in [0.2, 0.25) is 0 Å². The molecule has 1 aromatic carbocycles. The summed E-state index contributed by atoms with van der Waals surface area (Å²) in [6.07, 6.45) is 7.65. The summed E-state index contributed by atoms with van der Waals surface area (Å²) in [5.74, 6) is -0.121. The first kappa shape index (κ1) is 15.2. The van der Waals surface area contributed by atoms with E-state index in [4.69, 9.17) is 10.3 Å². The third kappa shape index (κ3) is 3.57. The third-order valence-electron chi connectivity index (χ3n) is 4.21. The maximum absolute atomic E-state index is 12.7. The average molecular weight is 305 g/mol. The smallest absolute Gasteiger partial charge is 0.263 e. The fourth-order valence-corrected chi connectivity index (χ4v) is 2.93. The Morgan fingerprint density at radius 1 is 1.09 bits per heavy atom. The molecule has 1 aliphatic carbocycles. The second-order valence-corrected chi connectivity index (χ2v) is 5.84. The number of nitrogens with zero attached hydrogens (tertiary/aromatic N) is 3. The Bertz CT molecular complexity index is 790. The van der Waals surface area contributed by atoms with Crippen LogP contribution >= 0.6 is 0 Å². The summed E-state index contributed by atoms with van der Waals surface area (Å²) in [7, 11) is 0. The van der Waals surface area contributed by atoms with Crippen molar-refractivity contribution in [3.05, 3.63) is 65.3 Å². The van der Waals surface area contributed by atoms with Gasteiger partial charge in [-0.1, -0.05) is 25.3 Å². The minimum Gasteiger partial charge on any atom is -0.268 e. The van der Waals surface area contributed by atoms with Crippen LogP contribution < -0.4 is 5.49 Å². The van der Waals surface area contributed by atoms with Crippen molar-refractivity contribution in [1.29, 1.82) is 5.26 Å². The highest BCUT2D eigenvalue weighted by molar-refractivity contribution is 5.95. The molecule has 0 bridgehead atoms. The molecule has 116 valence electrons. The fraction of sp³-hybridized carbons (Fsp3) is 0.316. The SMILES string of the molecule is N#Cc1ccc(C(=O)n2ccccc2=NC2CCCCC2)cc1. The first-order valence-electron chi connectivity index (χ1n) is 8.04. The highest BCUT2D eigenvalue weighted by atomic mass is 16.2. The van der Waals surface area contributed by atoms with Crippen LogP contribution in [0.2, 0.25) is 0 Å². The van der Waals surface area contributed by atoms with E-state index >= 15 is 0 Å². The van der Waals surface area contributed by atoms with Gasteiger partial charge >= 0.3 is 0 Å². The van der Waals surface area contributed by atoms with Crippen LogP contribution in [0.3, 0.4) is 0 Å². The molecule has 0 amide bonds. The molecule has 0 unspecified atom stereocenters. The van der Waals surface area contributed by atoms with E-state index in [2.05, 4.69) is 6.07 Å². The van der Waals surface area contributed by atoms with Crippen LogP contribution in [0.25, 0.3) is 0 Å². The Labute approximate surface area is 135 Å². The topological polar surface area (TPSA) is 58.1 Å². The highest BCUT2D eigenvalue weighted by Gasteiger charge is 2.13. The number of hydrogen-bond donors (Lipinski definition) is 0. The van der Waals surface area contributed by atoms with E-state index in [-0.39, 0.29) is 5.91 Å². The van der Waals surface area contributed by atoms with Gasteiger partial charge in [0.1, 0.15) is 5.49 Å². The van der Waals surface area contributed by atoms with Crippen LogP contribution in [-0.4, -0.2) is 16.5 Å². The second-order valence-electron chi connectivity index (χ2n) is 5.84. The molecule has 0 aliphatic heterocycles. The maximum Gasteiger partial charge on any atom is 0.263 e. The maximum atomic E-state index is 12.7. The lowest BCUT2D eigenvalue weighted by Gasteiger charge is -2.17. The van der Waals surface area contributed by atoms with E-state index in [1.54, 1.807) is 35.0 Å². The molecule has 2 aromatic rings. The zero-order chi connectivity index (χ0) is 16.1. The minimum absolute atomic E-state index is 0.121. The van der Waals surface area contributed by atoms with Crippen LogP contribution in [0, 0.1) is 11.3 Å². The predicted molar refractivity (Wildman–Crippen MR) is 87.8 cm³/mol. The molecule has 4 nitrogen and oxygen atoms in total. The number of hydrogen-bond acceptors (Lipinski definition) is 3. The summed E-state index contributed by atoms with van der Waals surface area (Å²) in [4.78, 5) is 17.5. The van der Waals surface area contributed by atoms with Crippen molar-refractivity contribution in [3.63, 3.8) is 0 Å². The zero-order valence-corrected chi connectivity index (χ0v) is 13.0. The molecule has 1 saturated carbocycles. The summed E-state index contributed by atoms with van der Waals surface area (Å²) < 4.78 is 1.59. The number of nitriles is 1. The van der Waals surface area contributed by atoms with E-state index in [1.807, 2.05) is 18.2 Å².